The van der Waals surface area contributed by atoms with E-state index in [0.29, 0.717) is 12.5 Å². The largest absolute Gasteiger partial charge is 0.496 e. The van der Waals surface area contributed by atoms with Gasteiger partial charge in [-0.05, 0) is 44.4 Å². The molecule has 0 radical (unpaired) electrons. The first-order valence-electron chi connectivity index (χ1n) is 8.76. The first-order valence-corrected chi connectivity index (χ1v) is 8.76. The van der Waals surface area contributed by atoms with Crippen molar-refractivity contribution in [3.63, 3.8) is 0 Å². The van der Waals surface area contributed by atoms with Crippen LogP contribution in [0.3, 0.4) is 0 Å². The van der Waals surface area contributed by atoms with Gasteiger partial charge < -0.3 is 20.1 Å². The molecule has 6 nitrogen and oxygen atoms in total. The highest BCUT2D eigenvalue weighted by atomic mass is 16.5. The summed E-state index contributed by atoms with van der Waals surface area (Å²) in [4.78, 5) is 24.6. The van der Waals surface area contributed by atoms with Gasteiger partial charge in [0.2, 0.25) is 5.91 Å². The molecule has 2 rings (SSSR count). The van der Waals surface area contributed by atoms with Crippen LogP contribution in [0.5, 0.6) is 5.75 Å². The van der Waals surface area contributed by atoms with Crippen LogP contribution >= 0.6 is 0 Å². The van der Waals surface area contributed by atoms with Crippen LogP contribution in [0.1, 0.15) is 25.3 Å². The number of ether oxygens (including phenoxy) is 2. The molecule has 3 atom stereocenters. The number of esters is 1. The lowest BCUT2D eigenvalue weighted by Crippen LogP contribution is -2.44. The summed E-state index contributed by atoms with van der Waals surface area (Å²) >= 11 is 0. The Labute approximate surface area is 149 Å². The Morgan fingerprint density at radius 2 is 2.08 bits per heavy atom. The Morgan fingerprint density at radius 1 is 1.32 bits per heavy atom. The summed E-state index contributed by atoms with van der Waals surface area (Å²) in [6, 6.07) is 7.91. The van der Waals surface area contributed by atoms with Gasteiger partial charge in [-0.25, -0.2) is 0 Å². The van der Waals surface area contributed by atoms with Crippen molar-refractivity contribution >= 4 is 11.9 Å². The average Bonchev–Trinajstić information content (AvgIpc) is 2.64. The second-order valence-electron chi connectivity index (χ2n) is 6.56. The van der Waals surface area contributed by atoms with Crippen LogP contribution in [-0.4, -0.2) is 45.2 Å². The third-order valence-corrected chi connectivity index (χ3v) is 4.71. The minimum absolute atomic E-state index is 0.000748. The summed E-state index contributed by atoms with van der Waals surface area (Å²) in [5.74, 6) is -0.0210. The van der Waals surface area contributed by atoms with Gasteiger partial charge >= 0.3 is 5.97 Å². The zero-order valence-electron chi connectivity index (χ0n) is 15.2. The van der Waals surface area contributed by atoms with Crippen LogP contribution < -0.4 is 15.4 Å². The molecule has 138 valence electrons. The number of methoxy groups -OCH3 is 2. The molecule has 1 heterocycles. The zero-order valence-corrected chi connectivity index (χ0v) is 15.2. The molecule has 1 aliphatic heterocycles. The molecule has 1 aromatic rings. The topological polar surface area (TPSA) is 76.7 Å². The van der Waals surface area contributed by atoms with E-state index in [1.807, 2.05) is 24.3 Å². The van der Waals surface area contributed by atoms with E-state index >= 15 is 0 Å². The number of carbonyl (C=O) groups excluding carboxylic acids is 2. The fraction of sp³-hybridized carbons (Fsp3) is 0.579. The molecule has 1 saturated heterocycles. The number of hydrogen-bond acceptors (Lipinski definition) is 5. The molecule has 0 saturated carbocycles. The fourth-order valence-corrected chi connectivity index (χ4v) is 3.28. The fourth-order valence-electron chi connectivity index (χ4n) is 3.28. The molecule has 0 spiro atoms. The van der Waals surface area contributed by atoms with E-state index in [-0.39, 0.29) is 24.3 Å². The van der Waals surface area contributed by atoms with Gasteiger partial charge in [0.1, 0.15) is 5.75 Å². The minimum Gasteiger partial charge on any atom is -0.496 e. The van der Waals surface area contributed by atoms with Gasteiger partial charge in [0.25, 0.3) is 0 Å². The SMILES string of the molecule is COC(=O)C(CNC(=O)[C@H]1CCN[C@@H](C)C1)Cc1ccccc1OC. The Morgan fingerprint density at radius 3 is 2.76 bits per heavy atom. The van der Waals surface area contributed by atoms with Gasteiger partial charge in [-0.15, -0.1) is 0 Å². The lowest BCUT2D eigenvalue weighted by atomic mass is 9.92. The molecule has 0 aliphatic carbocycles. The van der Waals surface area contributed by atoms with Crippen molar-refractivity contribution in [3.8, 4) is 5.75 Å². The predicted octanol–water partition coefficient (Wildman–Crippen LogP) is 1.53. The number of amides is 1. The van der Waals surface area contributed by atoms with E-state index in [4.69, 9.17) is 9.47 Å². The van der Waals surface area contributed by atoms with Crippen molar-refractivity contribution < 1.29 is 19.1 Å². The van der Waals surface area contributed by atoms with E-state index in [1.54, 1.807) is 7.11 Å². The summed E-state index contributed by atoms with van der Waals surface area (Å²) in [6.45, 7) is 3.20. The molecule has 1 amide bonds. The molecular formula is C19H28N2O4. The molecule has 0 bridgehead atoms. The first-order chi connectivity index (χ1) is 12.0. The lowest BCUT2D eigenvalue weighted by molar-refractivity contribution is -0.145. The first kappa shape index (κ1) is 19.2. The molecule has 0 aromatic heterocycles. The van der Waals surface area contributed by atoms with Crippen LogP contribution in [0.15, 0.2) is 24.3 Å². The summed E-state index contributed by atoms with van der Waals surface area (Å²) in [5.41, 5.74) is 0.921. The smallest absolute Gasteiger partial charge is 0.310 e. The number of para-hydroxylation sites is 1. The molecular weight excluding hydrogens is 320 g/mol. The maximum atomic E-state index is 12.4. The van der Waals surface area contributed by atoms with Crippen molar-refractivity contribution in [2.45, 2.75) is 32.2 Å². The Bertz CT molecular complexity index is 591. The molecule has 1 aromatic carbocycles. The molecule has 1 aliphatic rings. The summed E-state index contributed by atoms with van der Waals surface area (Å²) < 4.78 is 10.3. The van der Waals surface area contributed by atoms with Crippen molar-refractivity contribution in [2.75, 3.05) is 27.3 Å². The third kappa shape index (κ3) is 5.46. The maximum Gasteiger partial charge on any atom is 0.310 e. The quantitative estimate of drug-likeness (QED) is 0.731. The van der Waals surface area contributed by atoms with Crippen molar-refractivity contribution in [3.05, 3.63) is 29.8 Å². The molecule has 2 N–H and O–H groups in total. The van der Waals surface area contributed by atoms with E-state index in [0.717, 1.165) is 30.7 Å². The van der Waals surface area contributed by atoms with Gasteiger partial charge in [0.05, 0.1) is 20.1 Å². The average molecular weight is 348 g/mol. The van der Waals surface area contributed by atoms with E-state index in [1.165, 1.54) is 7.11 Å². The highest BCUT2D eigenvalue weighted by molar-refractivity contribution is 5.80. The zero-order chi connectivity index (χ0) is 18.2. The predicted molar refractivity (Wildman–Crippen MR) is 95.4 cm³/mol. The number of carbonyl (C=O) groups is 2. The van der Waals surface area contributed by atoms with Crippen molar-refractivity contribution in [1.82, 2.24) is 10.6 Å². The van der Waals surface area contributed by atoms with Crippen molar-refractivity contribution in [1.29, 1.82) is 0 Å². The van der Waals surface area contributed by atoms with Crippen LogP contribution in [0, 0.1) is 11.8 Å². The lowest BCUT2D eigenvalue weighted by Gasteiger charge is -2.27. The van der Waals surface area contributed by atoms with E-state index < -0.39 is 5.92 Å². The third-order valence-electron chi connectivity index (χ3n) is 4.71. The van der Waals surface area contributed by atoms with Crippen molar-refractivity contribution in [2.24, 2.45) is 11.8 Å². The highest BCUT2D eigenvalue weighted by Gasteiger charge is 2.27. The number of nitrogens with one attached hydrogen (secondary N) is 2. The number of hydrogen-bond donors (Lipinski definition) is 2. The van der Waals surface area contributed by atoms with Crippen LogP contribution in [0.2, 0.25) is 0 Å². The van der Waals surface area contributed by atoms with E-state index in [9.17, 15) is 9.59 Å². The number of rotatable bonds is 7. The Kier molecular flexibility index (Phi) is 7.25. The standard InChI is InChI=1S/C19H28N2O4/c1-13-10-15(8-9-20-13)18(22)21-12-16(19(23)25-3)11-14-6-4-5-7-17(14)24-2/h4-7,13,15-16,20H,8-12H2,1-3H3,(H,21,22)/t13-,15-,16?/m0/s1. The van der Waals surface area contributed by atoms with Gasteiger partial charge in [0.15, 0.2) is 0 Å². The number of benzene rings is 1. The maximum absolute atomic E-state index is 12.4. The normalized spacial score (nSPS) is 21.2. The minimum atomic E-state index is -0.440. The van der Waals surface area contributed by atoms with Gasteiger partial charge in [-0.2, -0.15) is 0 Å². The second-order valence-corrected chi connectivity index (χ2v) is 6.56. The van der Waals surface area contributed by atoms with Gasteiger partial charge in [0, 0.05) is 18.5 Å². The van der Waals surface area contributed by atoms with Crippen LogP contribution in [-0.2, 0) is 20.7 Å². The Hall–Kier alpha value is -2.08. The second kappa shape index (κ2) is 9.42. The number of piperidine rings is 1. The van der Waals surface area contributed by atoms with Gasteiger partial charge in [-0.3, -0.25) is 9.59 Å². The molecule has 1 unspecified atom stereocenters. The highest BCUT2D eigenvalue weighted by Crippen LogP contribution is 2.22. The van der Waals surface area contributed by atoms with Crippen LogP contribution in [0.4, 0.5) is 0 Å². The molecule has 6 heteroatoms. The Balaban J connectivity index is 1.98. The molecule has 1 fully saturated rings. The molecule has 25 heavy (non-hydrogen) atoms. The summed E-state index contributed by atoms with van der Waals surface area (Å²) in [6.07, 6.45) is 2.10. The van der Waals surface area contributed by atoms with Crippen LogP contribution in [0.25, 0.3) is 0 Å². The monoisotopic (exact) mass is 348 g/mol. The van der Waals surface area contributed by atoms with Gasteiger partial charge in [-0.1, -0.05) is 18.2 Å². The summed E-state index contributed by atoms with van der Waals surface area (Å²) in [5, 5.41) is 6.27. The van der Waals surface area contributed by atoms with E-state index in [2.05, 4.69) is 17.6 Å². The summed E-state index contributed by atoms with van der Waals surface area (Å²) in [7, 11) is 2.97.